The zero-order valence-corrected chi connectivity index (χ0v) is 20.4. The average Bonchev–Trinajstić information content (AvgIpc) is 2.71. The molecule has 0 aliphatic heterocycles. The van der Waals surface area contributed by atoms with Crippen LogP contribution in [0.2, 0.25) is 0 Å². The lowest BCUT2D eigenvalue weighted by Crippen LogP contribution is -2.05. The first-order valence-corrected chi connectivity index (χ1v) is 12.7. The van der Waals surface area contributed by atoms with Crippen LogP contribution in [-0.2, 0) is 9.47 Å². The summed E-state index contributed by atoms with van der Waals surface area (Å²) >= 11 is 0. The third-order valence-corrected chi connectivity index (χ3v) is 4.95. The van der Waals surface area contributed by atoms with E-state index in [1.807, 2.05) is 0 Å². The highest BCUT2D eigenvalue weighted by molar-refractivity contribution is 4.48. The topological polar surface area (TPSA) is 70.5 Å². The molecule has 0 aromatic rings. The largest absolute Gasteiger partial charge is 0.381 e. The molecule has 0 fully saturated rings. The molecule has 0 aliphatic carbocycles. The van der Waals surface area contributed by atoms with Crippen LogP contribution >= 0.6 is 0 Å². The third kappa shape index (κ3) is 35.6. The highest BCUT2D eigenvalue weighted by atomic mass is 16.5. The summed E-state index contributed by atoms with van der Waals surface area (Å²) in [6, 6.07) is 0. The van der Waals surface area contributed by atoms with E-state index in [1.54, 1.807) is 0 Å². The maximum Gasteiger partial charge on any atom is 0.0478 e. The second-order valence-electron chi connectivity index (χ2n) is 8.58. The van der Waals surface area contributed by atoms with Crippen LogP contribution in [-0.4, -0.2) is 39.5 Å². The molecule has 0 unspecified atom stereocenters. The molecule has 0 amide bonds. The molecule has 0 rings (SSSR count). The number of nitrogens with two attached hydrogens (primary N) is 2. The van der Waals surface area contributed by atoms with Gasteiger partial charge in [0.2, 0.25) is 0 Å². The summed E-state index contributed by atoms with van der Waals surface area (Å²) in [5, 5.41) is 0. The van der Waals surface area contributed by atoms with Crippen LogP contribution in [0.25, 0.3) is 0 Å². The SMILES string of the molecule is CC(C)CCCOCCCN.CCCCCCCCCCCCCOCCCN. The predicted molar refractivity (Wildman–Crippen MR) is 130 cm³/mol. The first-order chi connectivity index (χ1) is 14.2. The van der Waals surface area contributed by atoms with Gasteiger partial charge in [0.25, 0.3) is 0 Å². The van der Waals surface area contributed by atoms with Crippen LogP contribution in [0.5, 0.6) is 0 Å². The second kappa shape index (κ2) is 30.0. The van der Waals surface area contributed by atoms with Gasteiger partial charge in [-0.3, -0.25) is 0 Å². The molecule has 0 aliphatic rings. The highest BCUT2D eigenvalue weighted by Gasteiger charge is 1.94. The Bertz CT molecular complexity index is 247. The summed E-state index contributed by atoms with van der Waals surface area (Å²) < 4.78 is 10.8. The second-order valence-corrected chi connectivity index (χ2v) is 8.58. The van der Waals surface area contributed by atoms with E-state index in [4.69, 9.17) is 20.9 Å². The van der Waals surface area contributed by atoms with E-state index in [9.17, 15) is 0 Å². The van der Waals surface area contributed by atoms with Crippen molar-refractivity contribution in [2.45, 2.75) is 117 Å². The van der Waals surface area contributed by atoms with Crippen molar-refractivity contribution in [3.63, 3.8) is 0 Å². The van der Waals surface area contributed by atoms with E-state index < -0.39 is 0 Å². The minimum atomic E-state index is 0.740. The molecule has 0 saturated heterocycles. The summed E-state index contributed by atoms with van der Waals surface area (Å²) in [7, 11) is 0. The van der Waals surface area contributed by atoms with Crippen LogP contribution in [0.3, 0.4) is 0 Å². The molecule has 29 heavy (non-hydrogen) atoms. The number of hydrogen-bond acceptors (Lipinski definition) is 4. The van der Waals surface area contributed by atoms with Gasteiger partial charge >= 0.3 is 0 Å². The van der Waals surface area contributed by atoms with Crippen molar-refractivity contribution in [2.75, 3.05) is 39.5 Å². The average molecular weight is 417 g/mol. The molecular weight excluding hydrogens is 360 g/mol. The van der Waals surface area contributed by atoms with E-state index >= 15 is 0 Å². The monoisotopic (exact) mass is 416 g/mol. The highest BCUT2D eigenvalue weighted by Crippen LogP contribution is 2.11. The van der Waals surface area contributed by atoms with Gasteiger partial charge in [-0.05, 0) is 51.1 Å². The van der Waals surface area contributed by atoms with Gasteiger partial charge in [-0.1, -0.05) is 85.0 Å². The zero-order valence-electron chi connectivity index (χ0n) is 20.4. The van der Waals surface area contributed by atoms with Crippen molar-refractivity contribution < 1.29 is 9.47 Å². The standard InChI is InChI=1S/C16H35NO.C9H21NO/c1-2-3-4-5-6-7-8-9-10-11-12-15-18-16-13-14-17;1-9(2)5-3-7-11-8-4-6-10/h2-17H2,1H3;9H,3-8,10H2,1-2H3. The Labute approximate surface area is 183 Å². The summed E-state index contributed by atoms with van der Waals surface area (Å²) in [6.07, 6.45) is 19.8. The fourth-order valence-corrected chi connectivity index (χ4v) is 3.04. The quantitative estimate of drug-likeness (QED) is 0.199. The van der Waals surface area contributed by atoms with Crippen molar-refractivity contribution in [1.82, 2.24) is 0 Å². The molecule has 0 aromatic carbocycles. The third-order valence-electron chi connectivity index (χ3n) is 4.95. The van der Waals surface area contributed by atoms with Crippen LogP contribution in [0.15, 0.2) is 0 Å². The summed E-state index contributed by atoms with van der Waals surface area (Å²) in [5.41, 5.74) is 10.7. The number of ether oxygens (including phenoxy) is 2. The maximum atomic E-state index is 5.48. The minimum absolute atomic E-state index is 0.740. The van der Waals surface area contributed by atoms with Gasteiger partial charge in [-0.25, -0.2) is 0 Å². The lowest BCUT2D eigenvalue weighted by atomic mass is 10.1. The van der Waals surface area contributed by atoms with Crippen molar-refractivity contribution in [1.29, 1.82) is 0 Å². The molecule has 0 bridgehead atoms. The van der Waals surface area contributed by atoms with Crippen molar-refractivity contribution in [2.24, 2.45) is 17.4 Å². The molecule has 0 radical (unpaired) electrons. The van der Waals surface area contributed by atoms with E-state index in [0.29, 0.717) is 0 Å². The molecule has 4 nitrogen and oxygen atoms in total. The predicted octanol–water partition coefficient (Wildman–Crippen LogP) is 6.45. The van der Waals surface area contributed by atoms with Gasteiger partial charge in [0.15, 0.2) is 0 Å². The Balaban J connectivity index is 0. The Kier molecular flexibility index (Phi) is 32.1. The lowest BCUT2D eigenvalue weighted by molar-refractivity contribution is 0.127. The van der Waals surface area contributed by atoms with Crippen molar-refractivity contribution in [3.05, 3.63) is 0 Å². The molecule has 0 aromatic heterocycles. The van der Waals surface area contributed by atoms with Crippen molar-refractivity contribution in [3.8, 4) is 0 Å². The molecule has 0 saturated carbocycles. The Morgan fingerprint density at radius 3 is 1.31 bits per heavy atom. The normalized spacial score (nSPS) is 11.0. The summed E-state index contributed by atoms with van der Waals surface area (Å²) in [5.74, 6) is 0.799. The van der Waals surface area contributed by atoms with Crippen LogP contribution in [0.1, 0.15) is 117 Å². The van der Waals surface area contributed by atoms with E-state index in [2.05, 4.69) is 20.8 Å². The summed E-state index contributed by atoms with van der Waals surface area (Å²) in [4.78, 5) is 0. The van der Waals surface area contributed by atoms with Crippen molar-refractivity contribution >= 4 is 0 Å². The fraction of sp³-hybridized carbons (Fsp3) is 1.00. The van der Waals surface area contributed by atoms with Crippen LogP contribution in [0.4, 0.5) is 0 Å². The molecular formula is C25H56N2O2. The van der Waals surface area contributed by atoms with E-state index in [1.165, 1.54) is 83.5 Å². The summed E-state index contributed by atoms with van der Waals surface area (Å²) in [6.45, 7) is 11.7. The van der Waals surface area contributed by atoms with E-state index in [-0.39, 0.29) is 0 Å². The van der Waals surface area contributed by atoms with Crippen LogP contribution in [0, 0.1) is 5.92 Å². The molecule has 0 heterocycles. The van der Waals surface area contributed by atoms with Gasteiger partial charge in [0.1, 0.15) is 0 Å². The number of unbranched alkanes of at least 4 members (excludes halogenated alkanes) is 10. The Morgan fingerprint density at radius 2 is 0.897 bits per heavy atom. The minimum Gasteiger partial charge on any atom is -0.381 e. The number of hydrogen-bond donors (Lipinski definition) is 2. The van der Waals surface area contributed by atoms with Gasteiger partial charge in [0.05, 0.1) is 0 Å². The van der Waals surface area contributed by atoms with Gasteiger partial charge in [-0.15, -0.1) is 0 Å². The zero-order chi connectivity index (χ0) is 21.8. The molecule has 4 heteroatoms. The molecule has 178 valence electrons. The smallest absolute Gasteiger partial charge is 0.0478 e. The lowest BCUT2D eigenvalue weighted by Gasteiger charge is -2.04. The van der Waals surface area contributed by atoms with Gasteiger partial charge < -0.3 is 20.9 Å². The van der Waals surface area contributed by atoms with Gasteiger partial charge in [0, 0.05) is 26.4 Å². The first-order valence-electron chi connectivity index (χ1n) is 12.7. The van der Waals surface area contributed by atoms with E-state index in [0.717, 1.165) is 58.3 Å². The Morgan fingerprint density at radius 1 is 0.517 bits per heavy atom. The number of rotatable bonds is 22. The Hall–Kier alpha value is -0.160. The van der Waals surface area contributed by atoms with Gasteiger partial charge in [-0.2, -0.15) is 0 Å². The molecule has 0 spiro atoms. The van der Waals surface area contributed by atoms with Crippen LogP contribution < -0.4 is 11.5 Å². The molecule has 4 N–H and O–H groups in total. The maximum absolute atomic E-state index is 5.48. The molecule has 0 atom stereocenters. The first kappa shape index (κ1) is 31.0. The fourth-order valence-electron chi connectivity index (χ4n) is 3.04.